The summed E-state index contributed by atoms with van der Waals surface area (Å²) in [5.74, 6) is -0.0753. The van der Waals surface area contributed by atoms with Gasteiger partial charge >= 0.3 is 0 Å². The lowest BCUT2D eigenvalue weighted by molar-refractivity contribution is -0.0615. The number of nitrogens with two attached hydrogens (primary N) is 1. The molecule has 5 nitrogen and oxygen atoms in total. The van der Waals surface area contributed by atoms with Crippen molar-refractivity contribution in [1.29, 1.82) is 0 Å². The number of nitrogen functional groups attached to an aromatic ring is 1. The van der Waals surface area contributed by atoms with Crippen LogP contribution in [0.25, 0.3) is 0 Å². The van der Waals surface area contributed by atoms with Crippen molar-refractivity contribution in [3.8, 4) is 0 Å². The largest absolute Gasteiger partial charge is 0.399 e. The normalized spacial score (nSPS) is 20.9. The van der Waals surface area contributed by atoms with Crippen molar-refractivity contribution >= 4 is 17.3 Å². The summed E-state index contributed by atoms with van der Waals surface area (Å²) in [5, 5.41) is 3.11. The average molecular weight is 291 g/mol. The molecule has 0 spiro atoms. The highest BCUT2D eigenvalue weighted by Gasteiger charge is 2.30. The molecule has 3 N–H and O–H groups in total. The van der Waals surface area contributed by atoms with Crippen LogP contribution >= 0.6 is 0 Å². The smallest absolute Gasteiger partial charge is 0.253 e. The lowest BCUT2D eigenvalue weighted by Crippen LogP contribution is -2.46. The lowest BCUT2D eigenvalue weighted by atomic mass is 9.93. The van der Waals surface area contributed by atoms with E-state index >= 15 is 0 Å². The van der Waals surface area contributed by atoms with E-state index in [-0.39, 0.29) is 17.6 Å². The topological polar surface area (TPSA) is 67.6 Å². The second-order valence-electron chi connectivity index (χ2n) is 6.44. The maximum absolute atomic E-state index is 12.6. The number of rotatable bonds is 3. The number of anilines is 2. The van der Waals surface area contributed by atoms with Crippen molar-refractivity contribution in [3.05, 3.63) is 23.8 Å². The third kappa shape index (κ3) is 3.88. The van der Waals surface area contributed by atoms with Crippen molar-refractivity contribution in [2.24, 2.45) is 0 Å². The molecule has 1 aromatic carbocycles. The van der Waals surface area contributed by atoms with Crippen LogP contribution in [0, 0.1) is 0 Å². The van der Waals surface area contributed by atoms with Crippen LogP contribution in [0.3, 0.4) is 0 Å². The Balaban J connectivity index is 2.15. The minimum atomic E-state index is -0.184. The molecule has 0 saturated carbocycles. The maximum atomic E-state index is 12.6. The van der Waals surface area contributed by atoms with Crippen LogP contribution in [0.15, 0.2) is 18.2 Å². The maximum Gasteiger partial charge on any atom is 0.253 e. The molecule has 1 aliphatic heterocycles. The molecule has 0 aromatic heterocycles. The van der Waals surface area contributed by atoms with Crippen molar-refractivity contribution in [2.75, 3.05) is 31.3 Å². The van der Waals surface area contributed by atoms with E-state index in [0.717, 1.165) is 18.5 Å². The number of nitrogens with one attached hydrogen (secondary N) is 1. The number of amides is 1. The van der Waals surface area contributed by atoms with Gasteiger partial charge in [0.05, 0.1) is 11.2 Å². The van der Waals surface area contributed by atoms with Gasteiger partial charge in [-0.3, -0.25) is 4.79 Å². The van der Waals surface area contributed by atoms with E-state index < -0.39 is 0 Å². The van der Waals surface area contributed by atoms with Gasteiger partial charge in [-0.2, -0.15) is 0 Å². The molecule has 0 aliphatic carbocycles. The minimum absolute atomic E-state index is 0.0753. The van der Waals surface area contributed by atoms with Gasteiger partial charge in [0.25, 0.3) is 5.91 Å². The van der Waals surface area contributed by atoms with Gasteiger partial charge in [-0.25, -0.2) is 0 Å². The SMILES string of the molecule is CN(C)c1ccc(N)cc1C(=O)NC1CCOC(C)(C)C1. The van der Waals surface area contributed by atoms with Crippen LogP contribution in [0.2, 0.25) is 0 Å². The van der Waals surface area contributed by atoms with Crippen molar-refractivity contribution < 1.29 is 9.53 Å². The molecule has 1 aromatic rings. The van der Waals surface area contributed by atoms with Gasteiger partial charge in [-0.05, 0) is 44.9 Å². The summed E-state index contributed by atoms with van der Waals surface area (Å²) in [6, 6.07) is 5.55. The number of benzene rings is 1. The fourth-order valence-corrected chi connectivity index (χ4v) is 2.74. The molecule has 1 aliphatic rings. The van der Waals surface area contributed by atoms with Gasteiger partial charge in [0.15, 0.2) is 0 Å². The molecule has 5 heteroatoms. The summed E-state index contributed by atoms with van der Waals surface area (Å²) in [6.45, 7) is 4.78. The van der Waals surface area contributed by atoms with E-state index in [1.807, 2.05) is 31.1 Å². The van der Waals surface area contributed by atoms with Crippen molar-refractivity contribution in [3.63, 3.8) is 0 Å². The first-order valence-corrected chi connectivity index (χ1v) is 7.30. The average Bonchev–Trinajstić information content (AvgIpc) is 2.36. The van der Waals surface area contributed by atoms with Crippen LogP contribution in [-0.4, -0.2) is 38.3 Å². The van der Waals surface area contributed by atoms with Gasteiger partial charge in [-0.1, -0.05) is 0 Å². The molecule has 2 rings (SSSR count). The van der Waals surface area contributed by atoms with E-state index in [4.69, 9.17) is 10.5 Å². The van der Waals surface area contributed by atoms with E-state index in [2.05, 4.69) is 19.2 Å². The molecular formula is C16H25N3O2. The van der Waals surface area contributed by atoms with Gasteiger partial charge in [0.1, 0.15) is 0 Å². The van der Waals surface area contributed by atoms with E-state index in [0.29, 0.717) is 17.9 Å². The second kappa shape index (κ2) is 5.93. The Morgan fingerprint density at radius 2 is 2.14 bits per heavy atom. The molecule has 1 saturated heterocycles. The molecule has 1 fully saturated rings. The number of hydrogen-bond donors (Lipinski definition) is 2. The van der Waals surface area contributed by atoms with Gasteiger partial charge in [0.2, 0.25) is 0 Å². The first kappa shape index (κ1) is 15.6. The standard InChI is InChI=1S/C16H25N3O2/c1-16(2)10-12(7-8-21-16)18-15(20)13-9-11(17)5-6-14(13)19(3)4/h5-6,9,12H,7-8,10,17H2,1-4H3,(H,18,20). The van der Waals surface area contributed by atoms with E-state index in [1.165, 1.54) is 0 Å². The van der Waals surface area contributed by atoms with Crippen LogP contribution in [0.5, 0.6) is 0 Å². The predicted molar refractivity (Wildman–Crippen MR) is 85.7 cm³/mol. The molecule has 1 amide bonds. The fourth-order valence-electron chi connectivity index (χ4n) is 2.74. The summed E-state index contributed by atoms with van der Waals surface area (Å²) in [6.07, 6.45) is 1.66. The number of carbonyl (C=O) groups excluding carboxylic acids is 1. The van der Waals surface area contributed by atoms with Gasteiger partial charge < -0.3 is 20.7 Å². The van der Waals surface area contributed by atoms with Crippen molar-refractivity contribution in [1.82, 2.24) is 5.32 Å². The van der Waals surface area contributed by atoms with E-state index in [1.54, 1.807) is 6.07 Å². The van der Waals surface area contributed by atoms with E-state index in [9.17, 15) is 4.79 Å². The number of carbonyl (C=O) groups is 1. The highest BCUT2D eigenvalue weighted by atomic mass is 16.5. The summed E-state index contributed by atoms with van der Waals surface area (Å²) in [7, 11) is 3.83. The molecule has 1 heterocycles. The Kier molecular flexibility index (Phi) is 4.42. The second-order valence-corrected chi connectivity index (χ2v) is 6.44. The first-order valence-electron chi connectivity index (χ1n) is 7.30. The van der Waals surface area contributed by atoms with Crippen LogP contribution in [0.1, 0.15) is 37.0 Å². The molecule has 21 heavy (non-hydrogen) atoms. The summed E-state index contributed by atoms with van der Waals surface area (Å²) < 4.78 is 5.68. The zero-order valence-corrected chi connectivity index (χ0v) is 13.3. The molecule has 1 unspecified atom stereocenters. The minimum Gasteiger partial charge on any atom is -0.399 e. The quantitative estimate of drug-likeness (QED) is 0.836. The summed E-state index contributed by atoms with van der Waals surface area (Å²) >= 11 is 0. The molecule has 1 atom stereocenters. The summed E-state index contributed by atoms with van der Waals surface area (Å²) in [4.78, 5) is 14.5. The zero-order chi connectivity index (χ0) is 15.6. The Hall–Kier alpha value is -1.75. The number of nitrogens with zero attached hydrogens (tertiary/aromatic N) is 1. The van der Waals surface area contributed by atoms with Crippen molar-refractivity contribution in [2.45, 2.75) is 38.3 Å². The third-order valence-electron chi connectivity index (χ3n) is 3.78. The van der Waals surface area contributed by atoms with Gasteiger partial charge in [0, 0.05) is 38.1 Å². The zero-order valence-electron chi connectivity index (χ0n) is 13.3. The summed E-state index contributed by atoms with van der Waals surface area (Å²) in [5.41, 5.74) is 7.72. The highest BCUT2D eigenvalue weighted by molar-refractivity contribution is 6.00. The van der Waals surface area contributed by atoms with Crippen LogP contribution < -0.4 is 16.0 Å². The van der Waals surface area contributed by atoms with Gasteiger partial charge in [-0.15, -0.1) is 0 Å². The number of hydrogen-bond acceptors (Lipinski definition) is 4. The Labute approximate surface area is 126 Å². The Morgan fingerprint density at radius 1 is 1.43 bits per heavy atom. The Morgan fingerprint density at radius 3 is 2.76 bits per heavy atom. The number of ether oxygens (including phenoxy) is 1. The highest BCUT2D eigenvalue weighted by Crippen LogP contribution is 2.26. The Bertz CT molecular complexity index is 526. The predicted octanol–water partition coefficient (Wildman–Crippen LogP) is 2.02. The molecule has 0 radical (unpaired) electrons. The third-order valence-corrected chi connectivity index (χ3v) is 3.78. The fraction of sp³-hybridized carbons (Fsp3) is 0.562. The van der Waals surface area contributed by atoms with Crippen LogP contribution in [0.4, 0.5) is 11.4 Å². The molecule has 116 valence electrons. The monoisotopic (exact) mass is 291 g/mol. The lowest BCUT2D eigenvalue weighted by Gasteiger charge is -2.36. The first-order chi connectivity index (χ1) is 9.78. The molecular weight excluding hydrogens is 266 g/mol. The molecule has 0 bridgehead atoms. The van der Waals surface area contributed by atoms with Crippen LogP contribution in [-0.2, 0) is 4.74 Å².